The van der Waals surface area contributed by atoms with Gasteiger partial charge in [-0.1, -0.05) is 11.6 Å². The van der Waals surface area contributed by atoms with Crippen LogP contribution in [0.3, 0.4) is 0 Å². The molecule has 0 aliphatic heterocycles. The fourth-order valence-corrected chi connectivity index (χ4v) is 4.03. The van der Waals surface area contributed by atoms with Gasteiger partial charge in [-0.3, -0.25) is 9.36 Å². The minimum atomic E-state index is -0.129. The Balaban J connectivity index is 2.06. The summed E-state index contributed by atoms with van der Waals surface area (Å²) in [7, 11) is 1.59. The summed E-state index contributed by atoms with van der Waals surface area (Å²) in [5.74, 6) is 0.665. The van der Waals surface area contributed by atoms with Crippen molar-refractivity contribution >= 4 is 43.4 Å². The maximum Gasteiger partial charge on any atom is 0.275 e. The highest BCUT2D eigenvalue weighted by atomic mass is 35.5. The van der Waals surface area contributed by atoms with Gasteiger partial charge in [0.15, 0.2) is 0 Å². The molecule has 0 N–H and O–H groups in total. The van der Waals surface area contributed by atoms with Crippen molar-refractivity contribution in [2.24, 2.45) is 0 Å². The average Bonchev–Trinajstić information content (AvgIpc) is 2.96. The predicted octanol–water partition coefficient (Wildman–Crippen LogP) is 3.97. The number of nitrogens with zero attached hydrogens (tertiary/aromatic N) is 3. The van der Waals surface area contributed by atoms with Crippen LogP contribution >= 0.6 is 22.9 Å². The van der Waals surface area contributed by atoms with Gasteiger partial charge < -0.3 is 4.74 Å². The quantitative estimate of drug-likeness (QED) is 0.544. The van der Waals surface area contributed by atoms with Crippen molar-refractivity contribution in [1.82, 2.24) is 14.5 Å². The zero-order valence-electron chi connectivity index (χ0n) is 12.9. The standard InChI is InChI=1S/C17H12ClN3O2S/c1-9-7-10(18)3-4-11(9)21-8-20-14-13-12(23-2)5-6-19-16(13)24-15(14)17(21)22/h3-8H,1-2H3. The van der Waals surface area contributed by atoms with Crippen LogP contribution in [0.15, 0.2) is 41.6 Å². The summed E-state index contributed by atoms with van der Waals surface area (Å²) in [6.07, 6.45) is 3.21. The molecule has 3 heterocycles. The van der Waals surface area contributed by atoms with Crippen molar-refractivity contribution in [1.29, 1.82) is 0 Å². The Morgan fingerprint density at radius 1 is 1.25 bits per heavy atom. The number of benzene rings is 1. The molecule has 0 saturated carbocycles. The van der Waals surface area contributed by atoms with E-state index in [1.54, 1.807) is 31.8 Å². The molecule has 7 heteroatoms. The highest BCUT2D eigenvalue weighted by molar-refractivity contribution is 7.25. The van der Waals surface area contributed by atoms with Crippen LogP contribution in [-0.2, 0) is 0 Å². The molecule has 4 rings (SSSR count). The number of aryl methyl sites for hydroxylation is 1. The summed E-state index contributed by atoms with van der Waals surface area (Å²) in [5.41, 5.74) is 2.15. The number of pyridine rings is 1. The summed E-state index contributed by atoms with van der Waals surface area (Å²) in [4.78, 5) is 22.5. The normalized spacial score (nSPS) is 11.3. The van der Waals surface area contributed by atoms with E-state index in [9.17, 15) is 4.79 Å². The highest BCUT2D eigenvalue weighted by Gasteiger charge is 2.17. The molecule has 4 aromatic rings. The first-order valence-corrected chi connectivity index (χ1v) is 8.39. The maximum absolute atomic E-state index is 13.0. The van der Waals surface area contributed by atoms with Crippen LogP contribution in [-0.4, -0.2) is 21.6 Å². The van der Waals surface area contributed by atoms with Gasteiger partial charge in [0, 0.05) is 11.2 Å². The molecular formula is C17H12ClN3O2S. The van der Waals surface area contributed by atoms with Gasteiger partial charge in [0.05, 0.1) is 18.2 Å². The van der Waals surface area contributed by atoms with Crippen LogP contribution in [0.4, 0.5) is 0 Å². The van der Waals surface area contributed by atoms with Gasteiger partial charge in [-0.05, 0) is 36.8 Å². The molecule has 0 spiro atoms. The third kappa shape index (κ3) is 2.18. The molecule has 0 saturated heterocycles. The van der Waals surface area contributed by atoms with E-state index in [-0.39, 0.29) is 5.56 Å². The lowest BCUT2D eigenvalue weighted by atomic mass is 10.2. The molecule has 0 unspecified atom stereocenters. The summed E-state index contributed by atoms with van der Waals surface area (Å²) in [6.45, 7) is 1.91. The van der Waals surface area contributed by atoms with Crippen molar-refractivity contribution in [2.75, 3.05) is 7.11 Å². The smallest absolute Gasteiger partial charge is 0.275 e. The van der Waals surface area contributed by atoms with Crippen LogP contribution in [0, 0.1) is 6.92 Å². The van der Waals surface area contributed by atoms with E-state index in [0.29, 0.717) is 21.0 Å². The van der Waals surface area contributed by atoms with E-state index >= 15 is 0 Å². The zero-order valence-corrected chi connectivity index (χ0v) is 14.5. The van der Waals surface area contributed by atoms with Crippen molar-refractivity contribution in [3.63, 3.8) is 0 Å². The van der Waals surface area contributed by atoms with Gasteiger partial charge in [0.25, 0.3) is 5.56 Å². The molecule has 120 valence electrons. The highest BCUT2D eigenvalue weighted by Crippen LogP contribution is 2.35. The van der Waals surface area contributed by atoms with E-state index in [1.807, 2.05) is 19.1 Å². The molecule has 0 radical (unpaired) electrons. The molecule has 24 heavy (non-hydrogen) atoms. The lowest BCUT2D eigenvalue weighted by molar-refractivity contribution is 0.420. The molecule has 0 aliphatic carbocycles. The third-order valence-corrected chi connectivity index (χ3v) is 5.19. The number of ether oxygens (including phenoxy) is 1. The molecule has 0 atom stereocenters. The summed E-state index contributed by atoms with van der Waals surface area (Å²) in [5, 5.41) is 1.41. The van der Waals surface area contributed by atoms with E-state index in [1.165, 1.54) is 15.9 Å². The van der Waals surface area contributed by atoms with E-state index in [0.717, 1.165) is 21.5 Å². The Morgan fingerprint density at radius 2 is 2.08 bits per heavy atom. The van der Waals surface area contributed by atoms with Gasteiger partial charge in [0.1, 0.15) is 27.1 Å². The molecular weight excluding hydrogens is 346 g/mol. The number of methoxy groups -OCH3 is 1. The van der Waals surface area contributed by atoms with Crippen LogP contribution in [0.1, 0.15) is 5.56 Å². The predicted molar refractivity (Wildman–Crippen MR) is 96.8 cm³/mol. The number of hydrogen-bond acceptors (Lipinski definition) is 5. The second-order valence-corrected chi connectivity index (χ2v) is 6.76. The monoisotopic (exact) mass is 357 g/mol. The largest absolute Gasteiger partial charge is 0.496 e. The van der Waals surface area contributed by atoms with Gasteiger partial charge >= 0.3 is 0 Å². The first kappa shape index (κ1) is 15.1. The Morgan fingerprint density at radius 3 is 2.83 bits per heavy atom. The topological polar surface area (TPSA) is 57.0 Å². The molecule has 0 amide bonds. The fraction of sp³-hybridized carbons (Fsp3) is 0.118. The van der Waals surface area contributed by atoms with Gasteiger partial charge in [-0.15, -0.1) is 11.3 Å². The maximum atomic E-state index is 13.0. The third-order valence-electron chi connectivity index (χ3n) is 3.88. The van der Waals surface area contributed by atoms with E-state index in [2.05, 4.69) is 9.97 Å². The number of hydrogen-bond donors (Lipinski definition) is 0. The van der Waals surface area contributed by atoms with E-state index < -0.39 is 0 Å². The molecule has 3 aromatic heterocycles. The minimum Gasteiger partial charge on any atom is -0.496 e. The van der Waals surface area contributed by atoms with Gasteiger partial charge in [0.2, 0.25) is 0 Å². The molecule has 0 bridgehead atoms. The van der Waals surface area contributed by atoms with Crippen molar-refractivity contribution in [2.45, 2.75) is 6.92 Å². The van der Waals surface area contributed by atoms with Crippen LogP contribution in [0.25, 0.3) is 26.1 Å². The molecule has 1 aromatic carbocycles. The summed E-state index contributed by atoms with van der Waals surface area (Å²) in [6, 6.07) is 7.17. The van der Waals surface area contributed by atoms with Gasteiger partial charge in [-0.25, -0.2) is 9.97 Å². The van der Waals surface area contributed by atoms with Crippen LogP contribution in [0.5, 0.6) is 5.75 Å². The summed E-state index contributed by atoms with van der Waals surface area (Å²) >= 11 is 7.33. The Labute approximate surface area is 146 Å². The van der Waals surface area contributed by atoms with Crippen molar-refractivity contribution < 1.29 is 4.74 Å². The Bertz CT molecular complexity index is 1150. The Hall–Kier alpha value is -2.44. The first-order valence-electron chi connectivity index (χ1n) is 7.19. The number of halogens is 1. The number of aromatic nitrogens is 3. The zero-order chi connectivity index (χ0) is 16.8. The average molecular weight is 358 g/mol. The molecule has 0 aliphatic rings. The second kappa shape index (κ2) is 5.58. The molecule has 5 nitrogen and oxygen atoms in total. The van der Waals surface area contributed by atoms with Crippen molar-refractivity contribution in [3.8, 4) is 11.4 Å². The first-order chi connectivity index (χ1) is 11.6. The second-order valence-electron chi connectivity index (χ2n) is 5.32. The number of fused-ring (bicyclic) bond motifs is 3. The molecule has 0 fully saturated rings. The van der Waals surface area contributed by atoms with Crippen LogP contribution < -0.4 is 10.3 Å². The summed E-state index contributed by atoms with van der Waals surface area (Å²) < 4.78 is 7.48. The van der Waals surface area contributed by atoms with Crippen molar-refractivity contribution in [3.05, 3.63) is 57.7 Å². The SMILES string of the molecule is COc1ccnc2sc3c(=O)n(-c4ccc(Cl)cc4C)cnc3c12. The van der Waals surface area contributed by atoms with Crippen LogP contribution in [0.2, 0.25) is 5.02 Å². The minimum absolute atomic E-state index is 0.129. The fourth-order valence-electron chi connectivity index (χ4n) is 2.76. The lowest BCUT2D eigenvalue weighted by Crippen LogP contribution is -2.18. The number of thiophene rings is 1. The Kier molecular flexibility index (Phi) is 3.51. The number of rotatable bonds is 2. The van der Waals surface area contributed by atoms with E-state index in [4.69, 9.17) is 16.3 Å². The van der Waals surface area contributed by atoms with Gasteiger partial charge in [-0.2, -0.15) is 0 Å². The lowest BCUT2D eigenvalue weighted by Gasteiger charge is -2.09.